The highest BCUT2D eigenvalue weighted by molar-refractivity contribution is 7.80. The number of anilines is 3. The molecule has 0 bridgehead atoms. The van der Waals surface area contributed by atoms with E-state index < -0.39 is 0 Å². The summed E-state index contributed by atoms with van der Waals surface area (Å²) in [6, 6.07) is 2.17. The van der Waals surface area contributed by atoms with Gasteiger partial charge >= 0.3 is 0 Å². The smallest absolute Gasteiger partial charge is 0.232 e. The molecule has 3 fully saturated rings. The average Bonchev–Trinajstić information content (AvgIpc) is 3.26. The van der Waals surface area contributed by atoms with E-state index in [4.69, 9.17) is 26.9 Å². The number of hydrogen-bond donors (Lipinski definition) is 2. The van der Waals surface area contributed by atoms with E-state index >= 15 is 0 Å². The fraction of sp³-hybridized carbons (Fsp3) is 0.773. The predicted molar refractivity (Wildman–Crippen MR) is 126 cm³/mol. The second kappa shape index (κ2) is 10.1. The molecule has 3 aliphatic heterocycles. The van der Waals surface area contributed by atoms with Gasteiger partial charge in [-0.2, -0.15) is 9.97 Å². The molecule has 0 amide bonds. The van der Waals surface area contributed by atoms with Crippen molar-refractivity contribution in [2.45, 2.75) is 58.5 Å². The molecule has 166 valence electrons. The van der Waals surface area contributed by atoms with E-state index in [0.29, 0.717) is 22.9 Å². The predicted octanol–water partition coefficient (Wildman–Crippen LogP) is 3.41. The van der Waals surface area contributed by atoms with Crippen molar-refractivity contribution in [1.82, 2.24) is 15.3 Å². The fourth-order valence-electron chi connectivity index (χ4n) is 4.75. The van der Waals surface area contributed by atoms with Gasteiger partial charge in [0.25, 0.3) is 0 Å². The molecule has 4 heterocycles. The van der Waals surface area contributed by atoms with Crippen LogP contribution in [0.5, 0.6) is 0 Å². The van der Waals surface area contributed by atoms with Gasteiger partial charge in [-0.15, -0.1) is 0 Å². The van der Waals surface area contributed by atoms with Crippen LogP contribution < -0.4 is 20.4 Å². The average molecular weight is 433 g/mol. The Balaban J connectivity index is 1.49. The molecule has 0 unspecified atom stereocenters. The van der Waals surface area contributed by atoms with Gasteiger partial charge in [-0.25, -0.2) is 0 Å². The zero-order chi connectivity index (χ0) is 20.9. The van der Waals surface area contributed by atoms with Gasteiger partial charge in [0.05, 0.1) is 6.10 Å². The van der Waals surface area contributed by atoms with E-state index in [9.17, 15) is 0 Å². The summed E-state index contributed by atoms with van der Waals surface area (Å²) in [7, 11) is 0. The van der Waals surface area contributed by atoms with Gasteiger partial charge in [-0.1, -0.05) is 13.8 Å². The largest absolute Gasteiger partial charge is 0.376 e. The van der Waals surface area contributed by atoms with Crippen LogP contribution >= 0.6 is 12.2 Å². The van der Waals surface area contributed by atoms with Gasteiger partial charge in [0.1, 0.15) is 11.6 Å². The Morgan fingerprint density at radius 3 is 2.20 bits per heavy atom. The number of aromatic nitrogens is 2. The Bertz CT molecular complexity index is 685. The minimum absolute atomic E-state index is 0.247. The third-order valence-corrected chi connectivity index (χ3v) is 6.65. The quantitative estimate of drug-likeness (QED) is 0.686. The monoisotopic (exact) mass is 432 g/mol. The first-order chi connectivity index (χ1) is 14.6. The zero-order valence-electron chi connectivity index (χ0n) is 18.4. The lowest BCUT2D eigenvalue weighted by atomic mass is 10.00. The highest BCUT2D eigenvalue weighted by Crippen LogP contribution is 2.28. The maximum absolute atomic E-state index is 5.68. The first-order valence-electron chi connectivity index (χ1n) is 11.6. The van der Waals surface area contributed by atoms with Crippen molar-refractivity contribution < 1.29 is 4.74 Å². The number of piperidine rings is 2. The van der Waals surface area contributed by atoms with Crippen LogP contribution in [0.25, 0.3) is 0 Å². The van der Waals surface area contributed by atoms with Crippen LogP contribution in [0.1, 0.15) is 52.4 Å². The van der Waals surface area contributed by atoms with E-state index in [1.807, 2.05) is 0 Å². The lowest BCUT2D eigenvalue weighted by Gasteiger charge is -2.35. The molecular weight excluding hydrogens is 396 g/mol. The van der Waals surface area contributed by atoms with Crippen LogP contribution in [-0.2, 0) is 4.74 Å². The number of thiocarbonyl (C=S) groups is 1. The molecule has 7 nitrogen and oxygen atoms in total. The van der Waals surface area contributed by atoms with Gasteiger partial charge in [0, 0.05) is 45.4 Å². The maximum Gasteiger partial charge on any atom is 0.232 e. The molecule has 30 heavy (non-hydrogen) atoms. The van der Waals surface area contributed by atoms with E-state index in [0.717, 1.165) is 63.8 Å². The number of nitrogens with zero attached hydrogens (tertiary/aromatic N) is 4. The lowest BCUT2D eigenvalue weighted by molar-refractivity contribution is 0.114. The van der Waals surface area contributed by atoms with Gasteiger partial charge in [-0.05, 0) is 62.6 Å². The number of rotatable bonds is 5. The molecule has 0 aliphatic carbocycles. The summed E-state index contributed by atoms with van der Waals surface area (Å²) in [6.07, 6.45) is 7.48. The number of ether oxygens (including phenoxy) is 1. The Morgan fingerprint density at radius 1 is 1.03 bits per heavy atom. The topological polar surface area (TPSA) is 65.5 Å². The highest BCUT2D eigenvalue weighted by Gasteiger charge is 2.23. The Morgan fingerprint density at radius 2 is 1.67 bits per heavy atom. The summed E-state index contributed by atoms with van der Waals surface area (Å²) in [6.45, 7) is 10.4. The van der Waals surface area contributed by atoms with Crippen LogP contribution in [0.4, 0.5) is 17.6 Å². The minimum Gasteiger partial charge on any atom is -0.376 e. The van der Waals surface area contributed by atoms with E-state index in [-0.39, 0.29) is 6.10 Å². The second-order valence-electron chi connectivity index (χ2n) is 9.26. The van der Waals surface area contributed by atoms with Crippen molar-refractivity contribution in [3.63, 3.8) is 0 Å². The first kappa shape index (κ1) is 21.6. The van der Waals surface area contributed by atoms with Gasteiger partial charge < -0.3 is 25.2 Å². The lowest BCUT2D eigenvalue weighted by Crippen LogP contribution is -2.38. The molecule has 3 atom stereocenters. The molecule has 0 aromatic carbocycles. The summed E-state index contributed by atoms with van der Waals surface area (Å²) in [5, 5.41) is 7.07. The molecular formula is C22H36N6OS. The summed E-state index contributed by atoms with van der Waals surface area (Å²) < 4.78 is 5.68. The molecule has 0 radical (unpaired) electrons. The first-order valence-corrected chi connectivity index (χ1v) is 12.0. The molecule has 1 aromatic rings. The highest BCUT2D eigenvalue weighted by atomic mass is 32.1. The van der Waals surface area contributed by atoms with Crippen LogP contribution in [0.15, 0.2) is 6.07 Å². The van der Waals surface area contributed by atoms with Crippen LogP contribution in [-0.4, -0.2) is 60.5 Å². The molecule has 8 heteroatoms. The minimum atomic E-state index is 0.247. The molecule has 4 rings (SSSR count). The van der Waals surface area contributed by atoms with Crippen molar-refractivity contribution in [2.75, 3.05) is 54.4 Å². The molecule has 0 saturated carbocycles. The van der Waals surface area contributed by atoms with Crippen molar-refractivity contribution in [3.05, 3.63) is 6.07 Å². The van der Waals surface area contributed by atoms with Crippen LogP contribution in [0.3, 0.4) is 0 Å². The van der Waals surface area contributed by atoms with E-state index in [1.165, 1.54) is 25.7 Å². The van der Waals surface area contributed by atoms with Gasteiger partial charge in [0.2, 0.25) is 5.95 Å². The van der Waals surface area contributed by atoms with Gasteiger partial charge in [0.15, 0.2) is 5.11 Å². The molecule has 3 aliphatic rings. The number of nitrogens with one attached hydrogen (secondary N) is 2. The Labute approximate surface area is 186 Å². The normalized spacial score (nSPS) is 27.2. The van der Waals surface area contributed by atoms with Gasteiger partial charge in [-0.3, -0.25) is 0 Å². The summed E-state index contributed by atoms with van der Waals surface area (Å²) >= 11 is 5.52. The molecule has 1 aromatic heterocycles. The Kier molecular flexibility index (Phi) is 7.25. The number of hydrogen-bond acceptors (Lipinski definition) is 6. The maximum atomic E-state index is 5.68. The SMILES string of the molecule is C[C@@H]1CCCN(c2cc(N3CCC[C@@H](C)C3)nc(NC(=S)NC[C@@H]3CCCO3)n2)C1. The third kappa shape index (κ3) is 5.72. The molecule has 2 N–H and O–H groups in total. The summed E-state index contributed by atoms with van der Waals surface area (Å²) in [5.41, 5.74) is 0. The zero-order valence-corrected chi connectivity index (χ0v) is 19.2. The van der Waals surface area contributed by atoms with Crippen LogP contribution in [0, 0.1) is 11.8 Å². The fourth-order valence-corrected chi connectivity index (χ4v) is 4.93. The van der Waals surface area contributed by atoms with E-state index in [2.05, 4.69) is 40.3 Å². The Hall–Kier alpha value is -1.67. The van der Waals surface area contributed by atoms with Crippen LogP contribution in [0.2, 0.25) is 0 Å². The summed E-state index contributed by atoms with van der Waals surface area (Å²) in [4.78, 5) is 14.5. The molecule has 3 saturated heterocycles. The standard InChI is InChI=1S/C22H36N6OS/c1-16-6-3-9-27(14-16)19-12-20(28-10-4-7-17(2)15-28)25-21(24-19)26-22(30)23-13-18-8-5-11-29-18/h12,16-18H,3-11,13-15H2,1-2H3,(H2,23,24,25,26,30)/t16-,17-,18+/m1/s1. The van der Waals surface area contributed by atoms with E-state index in [1.54, 1.807) is 0 Å². The van der Waals surface area contributed by atoms with Crippen molar-refractivity contribution in [2.24, 2.45) is 11.8 Å². The van der Waals surface area contributed by atoms with Crippen molar-refractivity contribution in [1.29, 1.82) is 0 Å². The third-order valence-electron chi connectivity index (χ3n) is 6.40. The van der Waals surface area contributed by atoms with Crippen molar-refractivity contribution >= 4 is 34.9 Å². The second-order valence-corrected chi connectivity index (χ2v) is 9.67. The van der Waals surface area contributed by atoms with Crippen molar-refractivity contribution in [3.8, 4) is 0 Å². The molecule has 0 spiro atoms. The summed E-state index contributed by atoms with van der Waals surface area (Å²) in [5.74, 6) is 3.99.